The Hall–Kier alpha value is -2.54. The topological polar surface area (TPSA) is 68.0 Å². The molecule has 1 amide bonds. The van der Waals surface area contributed by atoms with Crippen molar-refractivity contribution in [2.75, 3.05) is 5.32 Å². The van der Waals surface area contributed by atoms with Gasteiger partial charge in [0.15, 0.2) is 0 Å². The molecule has 0 atom stereocenters. The van der Waals surface area contributed by atoms with Crippen molar-refractivity contribution in [1.82, 2.24) is 10.2 Å². The second-order valence-corrected chi connectivity index (χ2v) is 6.31. The molecule has 1 aromatic carbocycles. The Bertz CT molecular complexity index is 839. The number of amides is 1. The van der Waals surface area contributed by atoms with Gasteiger partial charge in [-0.25, -0.2) is 4.39 Å². The molecule has 2 heterocycles. The minimum atomic E-state index is -0.317. The third kappa shape index (κ3) is 3.62. The van der Waals surface area contributed by atoms with Crippen LogP contribution in [0.3, 0.4) is 0 Å². The molecule has 0 aliphatic heterocycles. The second kappa shape index (κ2) is 6.29. The summed E-state index contributed by atoms with van der Waals surface area (Å²) in [6, 6.07) is 7.70. The molecular formula is C16H14FN3O2S. The Morgan fingerprint density at radius 3 is 2.65 bits per heavy atom. The monoisotopic (exact) mass is 331 g/mol. The number of aryl methyl sites for hydroxylation is 2. The number of nitrogens with zero attached hydrogens (tertiary/aromatic N) is 2. The average molecular weight is 331 g/mol. The summed E-state index contributed by atoms with van der Waals surface area (Å²) in [4.78, 5) is 13.9. The summed E-state index contributed by atoms with van der Waals surface area (Å²) in [5, 5.41) is 10.6. The summed E-state index contributed by atoms with van der Waals surface area (Å²) in [6.07, 6.45) is 0.185. The minimum Gasteiger partial charge on any atom is -0.420 e. The molecule has 0 aliphatic rings. The maximum Gasteiger partial charge on any atom is 0.257 e. The van der Waals surface area contributed by atoms with E-state index in [0.29, 0.717) is 17.5 Å². The molecule has 0 spiro atoms. The number of carbonyl (C=O) groups is 1. The van der Waals surface area contributed by atoms with Gasteiger partial charge in [-0.05, 0) is 30.7 Å². The van der Waals surface area contributed by atoms with Gasteiger partial charge in [0, 0.05) is 11.8 Å². The van der Waals surface area contributed by atoms with Gasteiger partial charge >= 0.3 is 0 Å². The van der Waals surface area contributed by atoms with Gasteiger partial charge in [-0.2, -0.15) is 0 Å². The molecule has 0 unspecified atom stereocenters. The fourth-order valence-corrected chi connectivity index (χ4v) is 2.99. The lowest BCUT2D eigenvalue weighted by Gasteiger charge is -2.04. The number of benzene rings is 1. The maximum atomic E-state index is 12.9. The zero-order valence-corrected chi connectivity index (χ0v) is 13.4. The van der Waals surface area contributed by atoms with Crippen LogP contribution in [0.4, 0.5) is 10.1 Å². The van der Waals surface area contributed by atoms with Gasteiger partial charge < -0.3 is 9.73 Å². The Balaban J connectivity index is 1.71. The third-order valence-electron chi connectivity index (χ3n) is 3.21. The van der Waals surface area contributed by atoms with E-state index in [4.69, 9.17) is 4.42 Å². The molecule has 0 bridgehead atoms. The molecule has 23 heavy (non-hydrogen) atoms. The van der Waals surface area contributed by atoms with Gasteiger partial charge in [-0.1, -0.05) is 12.1 Å². The standard InChI is InChI=1S/C16H14FN3O2S/c1-9-13(8-14(23-9)16-20-19-10(2)22-16)18-15(21)7-11-3-5-12(17)6-4-11/h3-6,8H,7H2,1-2H3,(H,18,21). The van der Waals surface area contributed by atoms with Gasteiger partial charge in [0.05, 0.1) is 17.0 Å². The molecule has 0 saturated heterocycles. The molecule has 5 nitrogen and oxygen atoms in total. The van der Waals surface area contributed by atoms with Crippen LogP contribution < -0.4 is 5.32 Å². The van der Waals surface area contributed by atoms with Crippen molar-refractivity contribution in [3.05, 3.63) is 52.5 Å². The first-order chi connectivity index (χ1) is 11.0. The lowest BCUT2D eigenvalue weighted by molar-refractivity contribution is -0.115. The van der Waals surface area contributed by atoms with Gasteiger partial charge in [0.25, 0.3) is 5.89 Å². The van der Waals surface area contributed by atoms with Crippen LogP contribution in [0.15, 0.2) is 34.7 Å². The van der Waals surface area contributed by atoms with Crippen LogP contribution in [-0.2, 0) is 11.2 Å². The molecule has 7 heteroatoms. The number of thiophene rings is 1. The van der Waals surface area contributed by atoms with Crippen LogP contribution in [0.1, 0.15) is 16.3 Å². The summed E-state index contributed by atoms with van der Waals surface area (Å²) in [5.74, 6) is 0.454. The van der Waals surface area contributed by atoms with Gasteiger partial charge in [-0.15, -0.1) is 21.5 Å². The zero-order chi connectivity index (χ0) is 16.4. The smallest absolute Gasteiger partial charge is 0.257 e. The van der Waals surface area contributed by atoms with Gasteiger partial charge in [0.1, 0.15) is 5.82 Å². The van der Waals surface area contributed by atoms with E-state index in [-0.39, 0.29) is 18.1 Å². The number of hydrogen-bond donors (Lipinski definition) is 1. The van der Waals surface area contributed by atoms with E-state index in [2.05, 4.69) is 15.5 Å². The van der Waals surface area contributed by atoms with Crippen molar-refractivity contribution < 1.29 is 13.6 Å². The van der Waals surface area contributed by atoms with Crippen molar-refractivity contribution in [2.24, 2.45) is 0 Å². The van der Waals surface area contributed by atoms with Crippen molar-refractivity contribution >= 4 is 22.9 Å². The summed E-state index contributed by atoms with van der Waals surface area (Å²) in [6.45, 7) is 3.63. The number of carbonyl (C=O) groups excluding carboxylic acids is 1. The van der Waals surface area contributed by atoms with Crippen LogP contribution in [0.5, 0.6) is 0 Å². The molecule has 2 aromatic heterocycles. The lowest BCUT2D eigenvalue weighted by Crippen LogP contribution is -2.14. The van der Waals surface area contributed by atoms with E-state index in [1.54, 1.807) is 19.1 Å². The highest BCUT2D eigenvalue weighted by Crippen LogP contribution is 2.33. The van der Waals surface area contributed by atoms with E-state index >= 15 is 0 Å². The van der Waals surface area contributed by atoms with Gasteiger partial charge in [0.2, 0.25) is 11.8 Å². The fraction of sp³-hybridized carbons (Fsp3) is 0.188. The zero-order valence-electron chi connectivity index (χ0n) is 12.6. The largest absolute Gasteiger partial charge is 0.420 e. The first kappa shape index (κ1) is 15.4. The van der Waals surface area contributed by atoms with Crippen molar-refractivity contribution in [3.63, 3.8) is 0 Å². The molecular weight excluding hydrogens is 317 g/mol. The third-order valence-corrected chi connectivity index (χ3v) is 4.25. The summed E-state index contributed by atoms with van der Waals surface area (Å²) >= 11 is 1.47. The SMILES string of the molecule is Cc1nnc(-c2cc(NC(=O)Cc3ccc(F)cc3)c(C)s2)o1. The molecule has 0 radical (unpaired) electrons. The summed E-state index contributed by atoms with van der Waals surface area (Å²) in [5.41, 5.74) is 1.47. The van der Waals surface area contributed by atoms with Crippen LogP contribution in [0.25, 0.3) is 10.8 Å². The molecule has 0 aliphatic carbocycles. The lowest BCUT2D eigenvalue weighted by atomic mass is 10.1. The van der Waals surface area contributed by atoms with Crippen molar-refractivity contribution in [1.29, 1.82) is 0 Å². The van der Waals surface area contributed by atoms with Gasteiger partial charge in [-0.3, -0.25) is 4.79 Å². The van der Waals surface area contributed by atoms with Crippen LogP contribution in [-0.4, -0.2) is 16.1 Å². The molecule has 118 valence electrons. The highest BCUT2D eigenvalue weighted by atomic mass is 32.1. The number of anilines is 1. The number of nitrogens with one attached hydrogen (secondary N) is 1. The van der Waals surface area contributed by atoms with E-state index < -0.39 is 0 Å². The highest BCUT2D eigenvalue weighted by molar-refractivity contribution is 7.15. The number of rotatable bonds is 4. The van der Waals surface area contributed by atoms with Crippen LogP contribution in [0.2, 0.25) is 0 Å². The quantitative estimate of drug-likeness (QED) is 0.791. The van der Waals surface area contributed by atoms with Crippen LogP contribution in [0, 0.1) is 19.7 Å². The van der Waals surface area contributed by atoms with Crippen molar-refractivity contribution in [2.45, 2.75) is 20.3 Å². The Labute approximate surface area is 136 Å². The Kier molecular flexibility index (Phi) is 4.20. The molecule has 0 fully saturated rings. The highest BCUT2D eigenvalue weighted by Gasteiger charge is 2.14. The van der Waals surface area contributed by atoms with Crippen LogP contribution >= 0.6 is 11.3 Å². The molecule has 3 rings (SSSR count). The average Bonchev–Trinajstić information content (AvgIpc) is 3.08. The predicted molar refractivity (Wildman–Crippen MR) is 85.8 cm³/mol. The number of halogens is 1. The normalized spacial score (nSPS) is 10.7. The van der Waals surface area contributed by atoms with Crippen molar-refractivity contribution in [3.8, 4) is 10.8 Å². The van der Waals surface area contributed by atoms with E-state index in [1.165, 1.54) is 23.5 Å². The summed E-state index contributed by atoms with van der Waals surface area (Å²) in [7, 11) is 0. The van der Waals surface area contributed by atoms with E-state index in [0.717, 1.165) is 15.3 Å². The molecule has 1 N–H and O–H groups in total. The predicted octanol–water partition coefficient (Wildman–Crippen LogP) is 3.74. The molecule has 0 saturated carbocycles. The molecule has 3 aromatic rings. The second-order valence-electron chi connectivity index (χ2n) is 5.06. The minimum absolute atomic E-state index is 0.161. The number of aromatic nitrogens is 2. The first-order valence-electron chi connectivity index (χ1n) is 6.96. The maximum absolute atomic E-state index is 12.9. The van der Waals surface area contributed by atoms with E-state index in [9.17, 15) is 9.18 Å². The first-order valence-corrected chi connectivity index (χ1v) is 7.78. The Morgan fingerprint density at radius 2 is 2.00 bits per heavy atom. The van der Waals surface area contributed by atoms with E-state index in [1.807, 2.05) is 13.0 Å². The number of hydrogen-bond acceptors (Lipinski definition) is 5. The fourth-order valence-electron chi connectivity index (χ4n) is 2.09. The summed E-state index contributed by atoms with van der Waals surface area (Å²) < 4.78 is 18.3. The Morgan fingerprint density at radius 1 is 1.26 bits per heavy atom.